The van der Waals surface area contributed by atoms with E-state index in [4.69, 9.17) is 11.6 Å². The normalized spacial score (nSPS) is 12.3. The predicted octanol–water partition coefficient (Wildman–Crippen LogP) is 4.21. The third kappa shape index (κ3) is 3.85. The number of rotatable bonds is 4. The Morgan fingerprint density at radius 1 is 1.53 bits per heavy atom. The van der Waals surface area contributed by atoms with Gasteiger partial charge in [-0.1, -0.05) is 24.9 Å². The molecule has 0 aromatic heterocycles. The van der Waals surface area contributed by atoms with Crippen molar-refractivity contribution in [3.8, 4) is 0 Å². The van der Waals surface area contributed by atoms with E-state index in [0.29, 0.717) is 10.6 Å². The highest BCUT2D eigenvalue weighted by atomic mass is 127. The molecular weight excluding hydrogens is 349 g/mol. The summed E-state index contributed by atoms with van der Waals surface area (Å²) >= 11 is 8.18. The Labute approximate surface area is 121 Å². The summed E-state index contributed by atoms with van der Waals surface area (Å²) in [7, 11) is 1.84. The fraction of sp³-hybridized carbons (Fsp3) is 0.462. The highest BCUT2D eigenvalue weighted by Crippen LogP contribution is 2.21. The standard InChI is InChI=1S/C13H17ClINO/c1-4-5-9(2)16(3)13(17)10-6-7-12(15)11(14)8-10/h6-9H,4-5H2,1-3H3. The van der Waals surface area contributed by atoms with E-state index < -0.39 is 0 Å². The van der Waals surface area contributed by atoms with Gasteiger partial charge in [-0.3, -0.25) is 4.79 Å². The number of halogens is 2. The first-order chi connectivity index (χ1) is 7.97. The first kappa shape index (κ1) is 14.8. The number of carbonyl (C=O) groups excluding carboxylic acids is 1. The SMILES string of the molecule is CCCC(C)N(C)C(=O)c1ccc(I)c(Cl)c1. The topological polar surface area (TPSA) is 20.3 Å². The first-order valence-corrected chi connectivity index (χ1v) is 7.15. The van der Waals surface area contributed by atoms with Crippen molar-refractivity contribution >= 4 is 40.1 Å². The second-order valence-electron chi connectivity index (χ2n) is 4.18. The van der Waals surface area contributed by atoms with Crippen molar-refractivity contribution in [1.29, 1.82) is 0 Å². The molecule has 1 rings (SSSR count). The Bertz CT molecular complexity index is 408. The molecule has 94 valence electrons. The molecule has 0 radical (unpaired) electrons. The zero-order chi connectivity index (χ0) is 13.0. The summed E-state index contributed by atoms with van der Waals surface area (Å²) in [6, 6.07) is 5.69. The summed E-state index contributed by atoms with van der Waals surface area (Å²) in [6.07, 6.45) is 2.09. The van der Waals surface area contributed by atoms with Gasteiger partial charge in [0.05, 0.1) is 5.02 Å². The minimum atomic E-state index is 0.0317. The van der Waals surface area contributed by atoms with Gasteiger partial charge in [-0.25, -0.2) is 0 Å². The van der Waals surface area contributed by atoms with Gasteiger partial charge in [-0.05, 0) is 54.1 Å². The number of amides is 1. The van der Waals surface area contributed by atoms with E-state index in [1.165, 1.54) is 0 Å². The monoisotopic (exact) mass is 365 g/mol. The second kappa shape index (κ2) is 6.59. The van der Waals surface area contributed by atoms with E-state index in [1.54, 1.807) is 11.0 Å². The lowest BCUT2D eigenvalue weighted by atomic mass is 10.1. The van der Waals surface area contributed by atoms with E-state index >= 15 is 0 Å². The molecule has 0 saturated heterocycles. The molecule has 0 aliphatic carbocycles. The summed E-state index contributed by atoms with van der Waals surface area (Å²) in [5.74, 6) is 0.0317. The van der Waals surface area contributed by atoms with Crippen LogP contribution in [-0.4, -0.2) is 23.9 Å². The van der Waals surface area contributed by atoms with Crippen molar-refractivity contribution in [3.63, 3.8) is 0 Å². The average Bonchev–Trinajstić information content (AvgIpc) is 2.31. The Balaban J connectivity index is 2.85. The Kier molecular flexibility index (Phi) is 5.73. The number of nitrogens with zero attached hydrogens (tertiary/aromatic N) is 1. The lowest BCUT2D eigenvalue weighted by Gasteiger charge is -2.24. The molecule has 2 nitrogen and oxygen atoms in total. The lowest BCUT2D eigenvalue weighted by Crippen LogP contribution is -2.34. The van der Waals surface area contributed by atoms with Crippen molar-refractivity contribution < 1.29 is 4.79 Å². The van der Waals surface area contributed by atoms with Gasteiger partial charge < -0.3 is 4.90 Å². The van der Waals surface area contributed by atoms with E-state index in [0.717, 1.165) is 16.4 Å². The van der Waals surface area contributed by atoms with Gasteiger partial charge in [0.15, 0.2) is 0 Å². The van der Waals surface area contributed by atoms with Crippen LogP contribution in [0.5, 0.6) is 0 Å². The van der Waals surface area contributed by atoms with Crippen LogP contribution in [-0.2, 0) is 0 Å². The summed E-state index contributed by atoms with van der Waals surface area (Å²) < 4.78 is 0.963. The predicted molar refractivity (Wildman–Crippen MR) is 80.6 cm³/mol. The highest BCUT2D eigenvalue weighted by molar-refractivity contribution is 14.1. The molecule has 0 aliphatic rings. The highest BCUT2D eigenvalue weighted by Gasteiger charge is 2.17. The van der Waals surface area contributed by atoms with Gasteiger partial charge in [0.25, 0.3) is 5.91 Å². The molecule has 0 bridgehead atoms. The zero-order valence-corrected chi connectivity index (χ0v) is 13.2. The molecule has 1 unspecified atom stereocenters. The van der Waals surface area contributed by atoms with Gasteiger partial charge in [0.2, 0.25) is 0 Å². The number of hydrogen-bond acceptors (Lipinski definition) is 1. The van der Waals surface area contributed by atoms with Crippen molar-refractivity contribution in [3.05, 3.63) is 32.4 Å². The third-order valence-electron chi connectivity index (χ3n) is 2.85. The number of benzene rings is 1. The second-order valence-corrected chi connectivity index (χ2v) is 5.75. The summed E-state index contributed by atoms with van der Waals surface area (Å²) in [4.78, 5) is 14.0. The fourth-order valence-electron chi connectivity index (χ4n) is 1.64. The molecule has 0 saturated carbocycles. The minimum absolute atomic E-state index is 0.0317. The Hall–Kier alpha value is -0.290. The van der Waals surface area contributed by atoms with Crippen LogP contribution in [0.15, 0.2) is 18.2 Å². The molecule has 0 spiro atoms. The van der Waals surface area contributed by atoms with Gasteiger partial charge in [0.1, 0.15) is 0 Å². The zero-order valence-electron chi connectivity index (χ0n) is 10.3. The molecule has 4 heteroatoms. The van der Waals surface area contributed by atoms with Crippen LogP contribution in [0.4, 0.5) is 0 Å². The van der Waals surface area contributed by atoms with Crippen LogP contribution < -0.4 is 0 Å². The maximum atomic E-state index is 12.2. The molecule has 1 atom stereocenters. The molecule has 0 fully saturated rings. The van der Waals surface area contributed by atoms with Crippen LogP contribution in [0.3, 0.4) is 0 Å². The molecular formula is C13H17ClINO. The molecule has 0 aliphatic heterocycles. The smallest absolute Gasteiger partial charge is 0.253 e. The van der Waals surface area contributed by atoms with Crippen molar-refractivity contribution in [1.82, 2.24) is 4.90 Å². The summed E-state index contributed by atoms with van der Waals surface area (Å²) in [6.45, 7) is 4.19. The van der Waals surface area contributed by atoms with Crippen molar-refractivity contribution in [2.75, 3.05) is 7.05 Å². The summed E-state index contributed by atoms with van der Waals surface area (Å²) in [5.41, 5.74) is 0.654. The van der Waals surface area contributed by atoms with Crippen molar-refractivity contribution in [2.24, 2.45) is 0 Å². The number of carbonyl (C=O) groups is 1. The maximum Gasteiger partial charge on any atom is 0.253 e. The van der Waals surface area contributed by atoms with Crippen LogP contribution in [0.25, 0.3) is 0 Å². The van der Waals surface area contributed by atoms with E-state index in [9.17, 15) is 4.79 Å². The van der Waals surface area contributed by atoms with Gasteiger partial charge in [-0.15, -0.1) is 0 Å². The van der Waals surface area contributed by atoms with Gasteiger partial charge in [-0.2, -0.15) is 0 Å². The Morgan fingerprint density at radius 3 is 2.71 bits per heavy atom. The van der Waals surface area contributed by atoms with Crippen molar-refractivity contribution in [2.45, 2.75) is 32.7 Å². The van der Waals surface area contributed by atoms with Crippen LogP contribution in [0.2, 0.25) is 5.02 Å². The molecule has 0 N–H and O–H groups in total. The quantitative estimate of drug-likeness (QED) is 0.732. The minimum Gasteiger partial charge on any atom is -0.339 e. The van der Waals surface area contributed by atoms with Crippen LogP contribution >= 0.6 is 34.2 Å². The maximum absolute atomic E-state index is 12.2. The van der Waals surface area contributed by atoms with E-state index in [2.05, 4.69) is 36.4 Å². The molecule has 0 heterocycles. The lowest BCUT2D eigenvalue weighted by molar-refractivity contribution is 0.0737. The molecule has 1 amide bonds. The Morgan fingerprint density at radius 2 is 2.18 bits per heavy atom. The third-order valence-corrected chi connectivity index (χ3v) is 4.43. The molecule has 1 aromatic rings. The molecule has 17 heavy (non-hydrogen) atoms. The molecule has 1 aromatic carbocycles. The van der Waals surface area contributed by atoms with Crippen LogP contribution in [0, 0.1) is 3.57 Å². The fourth-order valence-corrected chi connectivity index (χ4v) is 2.16. The largest absolute Gasteiger partial charge is 0.339 e. The first-order valence-electron chi connectivity index (χ1n) is 5.69. The van der Waals surface area contributed by atoms with E-state index in [-0.39, 0.29) is 11.9 Å². The van der Waals surface area contributed by atoms with Crippen LogP contribution in [0.1, 0.15) is 37.0 Å². The summed E-state index contributed by atoms with van der Waals surface area (Å²) in [5, 5.41) is 0.632. The van der Waals surface area contributed by atoms with Gasteiger partial charge in [0, 0.05) is 22.2 Å². The van der Waals surface area contributed by atoms with Gasteiger partial charge >= 0.3 is 0 Å². The average molecular weight is 366 g/mol. The van der Waals surface area contributed by atoms with E-state index in [1.807, 2.05) is 19.2 Å². The number of hydrogen-bond donors (Lipinski definition) is 0.